The molecule has 112 valence electrons. The minimum Gasteiger partial charge on any atom is -0.497 e. The molecule has 0 saturated heterocycles. The number of carbonyl (C=O) groups is 1. The minimum atomic E-state index is -0.243. The largest absolute Gasteiger partial charge is 0.497 e. The van der Waals surface area contributed by atoms with E-state index in [1.54, 1.807) is 48.8 Å². The first-order valence-corrected chi connectivity index (χ1v) is 7.79. The summed E-state index contributed by atoms with van der Waals surface area (Å²) in [7, 11) is 1.56. The van der Waals surface area contributed by atoms with Gasteiger partial charge in [0.1, 0.15) is 11.3 Å². The van der Waals surface area contributed by atoms with Gasteiger partial charge in [-0.25, -0.2) is 4.98 Å². The number of ether oxygens (including phenoxy) is 1. The second kappa shape index (κ2) is 5.94. The van der Waals surface area contributed by atoms with E-state index in [9.17, 15) is 4.79 Å². The Morgan fingerprint density at radius 1 is 1.32 bits per heavy atom. The Balaban J connectivity index is 1.92. The van der Waals surface area contributed by atoms with E-state index < -0.39 is 0 Å². The lowest BCUT2D eigenvalue weighted by Crippen LogP contribution is -2.12. The average molecular weight is 333 g/mol. The standard InChI is InChI=1S/C16H13ClN2O2S/c1-9-18-15-13(22-9)7-6-12(14(15)17)19-16(20)10-4-3-5-11(8-10)21-2/h3-8H,1-2H3,(H,19,20). The van der Waals surface area contributed by atoms with Gasteiger partial charge in [0.05, 0.1) is 27.5 Å². The first kappa shape index (κ1) is 14.8. The van der Waals surface area contributed by atoms with Gasteiger partial charge in [0.25, 0.3) is 5.91 Å². The van der Waals surface area contributed by atoms with Crippen LogP contribution in [0.25, 0.3) is 10.2 Å². The molecule has 0 fully saturated rings. The molecule has 1 N–H and O–H groups in total. The number of aryl methyl sites for hydroxylation is 1. The van der Waals surface area contributed by atoms with Crippen molar-refractivity contribution in [1.82, 2.24) is 4.98 Å². The maximum absolute atomic E-state index is 12.3. The van der Waals surface area contributed by atoms with Crippen molar-refractivity contribution in [2.75, 3.05) is 12.4 Å². The Kier molecular flexibility index (Phi) is 4.00. The number of fused-ring (bicyclic) bond motifs is 1. The molecule has 0 radical (unpaired) electrons. The number of halogens is 1. The number of anilines is 1. The van der Waals surface area contributed by atoms with Crippen LogP contribution >= 0.6 is 22.9 Å². The van der Waals surface area contributed by atoms with Crippen LogP contribution in [0.4, 0.5) is 5.69 Å². The van der Waals surface area contributed by atoms with Gasteiger partial charge < -0.3 is 10.1 Å². The van der Waals surface area contributed by atoms with Gasteiger partial charge in [-0.3, -0.25) is 4.79 Å². The van der Waals surface area contributed by atoms with Crippen LogP contribution in [0.5, 0.6) is 5.75 Å². The molecule has 0 aliphatic carbocycles. The topological polar surface area (TPSA) is 51.2 Å². The van der Waals surface area contributed by atoms with Crippen LogP contribution in [-0.4, -0.2) is 18.0 Å². The second-order valence-corrected chi connectivity index (χ2v) is 6.31. The van der Waals surface area contributed by atoms with E-state index in [2.05, 4.69) is 10.3 Å². The highest BCUT2D eigenvalue weighted by molar-refractivity contribution is 7.18. The molecule has 0 saturated carbocycles. The van der Waals surface area contributed by atoms with Crippen LogP contribution in [0.15, 0.2) is 36.4 Å². The molecular formula is C16H13ClN2O2S. The smallest absolute Gasteiger partial charge is 0.255 e. The van der Waals surface area contributed by atoms with E-state index in [0.29, 0.717) is 27.5 Å². The molecule has 6 heteroatoms. The number of nitrogens with one attached hydrogen (secondary N) is 1. The Labute approximate surface area is 136 Å². The number of aromatic nitrogens is 1. The Hall–Kier alpha value is -2.11. The fourth-order valence-corrected chi connectivity index (χ4v) is 3.27. The van der Waals surface area contributed by atoms with Crippen molar-refractivity contribution in [3.63, 3.8) is 0 Å². The van der Waals surface area contributed by atoms with Crippen molar-refractivity contribution in [2.45, 2.75) is 6.92 Å². The summed E-state index contributed by atoms with van der Waals surface area (Å²) in [5.41, 5.74) is 1.77. The van der Waals surface area contributed by atoms with Crippen LogP contribution in [0.3, 0.4) is 0 Å². The van der Waals surface area contributed by atoms with Gasteiger partial charge >= 0.3 is 0 Å². The summed E-state index contributed by atoms with van der Waals surface area (Å²) in [5.74, 6) is 0.386. The molecule has 1 aromatic heterocycles. The number of rotatable bonds is 3. The van der Waals surface area contributed by atoms with Gasteiger partial charge in [-0.1, -0.05) is 17.7 Å². The number of carbonyl (C=O) groups excluding carboxylic acids is 1. The quantitative estimate of drug-likeness (QED) is 0.767. The number of thiazole rings is 1. The zero-order chi connectivity index (χ0) is 15.7. The third kappa shape index (κ3) is 2.77. The molecule has 2 aromatic carbocycles. The molecule has 3 rings (SSSR count). The summed E-state index contributed by atoms with van der Waals surface area (Å²) in [6.07, 6.45) is 0. The Morgan fingerprint density at radius 2 is 2.14 bits per heavy atom. The van der Waals surface area contributed by atoms with Crippen LogP contribution in [0.1, 0.15) is 15.4 Å². The van der Waals surface area contributed by atoms with Crippen molar-refractivity contribution in [1.29, 1.82) is 0 Å². The van der Waals surface area contributed by atoms with E-state index in [1.165, 1.54) is 0 Å². The van der Waals surface area contributed by atoms with E-state index in [0.717, 1.165) is 9.71 Å². The summed E-state index contributed by atoms with van der Waals surface area (Å²) in [6.45, 7) is 1.93. The summed E-state index contributed by atoms with van der Waals surface area (Å²) < 4.78 is 6.13. The van der Waals surface area contributed by atoms with Crippen LogP contribution < -0.4 is 10.1 Å². The van der Waals surface area contributed by atoms with Gasteiger partial charge in [-0.2, -0.15) is 0 Å². The SMILES string of the molecule is COc1cccc(C(=O)Nc2ccc3sc(C)nc3c2Cl)c1. The Bertz CT molecular complexity index is 860. The number of hydrogen-bond acceptors (Lipinski definition) is 4. The summed E-state index contributed by atoms with van der Waals surface area (Å²) >= 11 is 7.92. The molecular weight excluding hydrogens is 320 g/mol. The first-order chi connectivity index (χ1) is 10.6. The molecule has 0 bridgehead atoms. The van der Waals surface area contributed by atoms with Gasteiger partial charge in [0, 0.05) is 5.56 Å². The van der Waals surface area contributed by atoms with Crippen molar-refractivity contribution in [3.8, 4) is 5.75 Å². The normalized spacial score (nSPS) is 10.7. The molecule has 0 aliphatic heterocycles. The third-order valence-corrected chi connectivity index (χ3v) is 4.50. The number of nitrogens with zero attached hydrogens (tertiary/aromatic N) is 1. The monoisotopic (exact) mass is 332 g/mol. The zero-order valence-electron chi connectivity index (χ0n) is 12.0. The number of hydrogen-bond donors (Lipinski definition) is 1. The van der Waals surface area contributed by atoms with Crippen molar-refractivity contribution < 1.29 is 9.53 Å². The van der Waals surface area contributed by atoms with E-state index in [1.807, 2.05) is 13.0 Å². The molecule has 3 aromatic rings. The molecule has 0 atom stereocenters. The van der Waals surface area contributed by atoms with Crippen molar-refractivity contribution in [2.24, 2.45) is 0 Å². The highest BCUT2D eigenvalue weighted by Gasteiger charge is 2.13. The summed E-state index contributed by atoms with van der Waals surface area (Å²) in [6, 6.07) is 10.6. The van der Waals surface area contributed by atoms with E-state index in [-0.39, 0.29) is 5.91 Å². The van der Waals surface area contributed by atoms with Crippen molar-refractivity contribution >= 4 is 44.7 Å². The fourth-order valence-electron chi connectivity index (χ4n) is 2.13. The second-order valence-electron chi connectivity index (χ2n) is 4.69. The number of methoxy groups -OCH3 is 1. The predicted molar refractivity (Wildman–Crippen MR) is 90.3 cm³/mol. The number of benzene rings is 2. The fraction of sp³-hybridized carbons (Fsp3) is 0.125. The van der Waals surface area contributed by atoms with Crippen LogP contribution in [-0.2, 0) is 0 Å². The number of amides is 1. The third-order valence-electron chi connectivity index (χ3n) is 3.19. The zero-order valence-corrected chi connectivity index (χ0v) is 13.6. The maximum Gasteiger partial charge on any atom is 0.255 e. The molecule has 0 unspecified atom stereocenters. The summed E-state index contributed by atoms with van der Waals surface area (Å²) in [5, 5.41) is 4.21. The van der Waals surface area contributed by atoms with Crippen LogP contribution in [0.2, 0.25) is 5.02 Å². The predicted octanol–water partition coefficient (Wildman–Crippen LogP) is 4.52. The van der Waals surface area contributed by atoms with Gasteiger partial charge in [0.15, 0.2) is 0 Å². The van der Waals surface area contributed by atoms with E-state index >= 15 is 0 Å². The molecule has 1 amide bonds. The highest BCUT2D eigenvalue weighted by Crippen LogP contribution is 2.33. The minimum absolute atomic E-state index is 0.243. The molecule has 0 spiro atoms. The highest BCUT2D eigenvalue weighted by atomic mass is 35.5. The lowest BCUT2D eigenvalue weighted by atomic mass is 10.2. The average Bonchev–Trinajstić information content (AvgIpc) is 2.91. The van der Waals surface area contributed by atoms with Gasteiger partial charge in [0.2, 0.25) is 0 Å². The van der Waals surface area contributed by atoms with Crippen molar-refractivity contribution in [3.05, 3.63) is 52.0 Å². The lowest BCUT2D eigenvalue weighted by Gasteiger charge is -2.08. The molecule has 0 aliphatic rings. The first-order valence-electron chi connectivity index (χ1n) is 6.59. The van der Waals surface area contributed by atoms with Gasteiger partial charge in [-0.15, -0.1) is 11.3 Å². The van der Waals surface area contributed by atoms with Crippen LogP contribution in [0, 0.1) is 6.92 Å². The van der Waals surface area contributed by atoms with Gasteiger partial charge in [-0.05, 0) is 37.3 Å². The molecule has 22 heavy (non-hydrogen) atoms. The summed E-state index contributed by atoms with van der Waals surface area (Å²) in [4.78, 5) is 16.7. The molecule has 1 heterocycles. The maximum atomic E-state index is 12.3. The van der Waals surface area contributed by atoms with E-state index in [4.69, 9.17) is 16.3 Å². The lowest BCUT2D eigenvalue weighted by molar-refractivity contribution is 0.102. The molecule has 4 nitrogen and oxygen atoms in total. The Morgan fingerprint density at radius 3 is 2.91 bits per heavy atom.